The number of hydrogen-bond acceptors (Lipinski definition) is 4. The molecule has 5 nitrogen and oxygen atoms in total. The van der Waals surface area contributed by atoms with Gasteiger partial charge >= 0.3 is 11.6 Å². The molecule has 2 rings (SSSR count). The summed E-state index contributed by atoms with van der Waals surface area (Å²) in [6, 6.07) is 5.78. The van der Waals surface area contributed by atoms with Crippen molar-refractivity contribution in [3.63, 3.8) is 0 Å². The highest BCUT2D eigenvalue weighted by Crippen LogP contribution is 2.36. The summed E-state index contributed by atoms with van der Waals surface area (Å²) in [6.07, 6.45) is 3.19. The zero-order valence-electron chi connectivity index (χ0n) is 14.2. The first kappa shape index (κ1) is 20.2. The molecule has 1 aliphatic heterocycles. The van der Waals surface area contributed by atoms with Crippen LogP contribution in [0.2, 0.25) is 0 Å². The average molecular weight is 388 g/mol. The molecule has 1 aromatic carbocycles. The van der Waals surface area contributed by atoms with Gasteiger partial charge in [-0.05, 0) is 42.0 Å². The number of halogens is 3. The molecule has 1 heterocycles. The molecule has 9 heteroatoms. The fourth-order valence-corrected chi connectivity index (χ4v) is 3.04. The second kappa shape index (κ2) is 8.98. The first-order valence-corrected chi connectivity index (χ1v) is 8.76. The Morgan fingerprint density at radius 1 is 1.08 bits per heavy atom. The molecule has 0 atom stereocenters. The largest absolute Gasteiger partial charge is 0.453 e. The van der Waals surface area contributed by atoms with E-state index in [1.807, 2.05) is 0 Å². The first-order chi connectivity index (χ1) is 12.3. The molecule has 1 aromatic rings. The van der Waals surface area contributed by atoms with E-state index >= 15 is 0 Å². The second-order valence-electron chi connectivity index (χ2n) is 5.59. The lowest BCUT2D eigenvalue weighted by atomic mass is 10.2. The number of carbonyl (C=O) groups is 2. The standard InChI is InChI=1S/C17H19F3N2O3S/c1-25-16(24)22-10-2-9-21(11-12-22)15(23)8-5-13-3-6-14(7-4-13)26-17(18,19)20/h3-8H,2,9-12H2,1H3/b8-5+. The van der Waals surface area contributed by atoms with Gasteiger partial charge in [0.2, 0.25) is 5.91 Å². The van der Waals surface area contributed by atoms with Crippen molar-refractivity contribution in [1.29, 1.82) is 0 Å². The van der Waals surface area contributed by atoms with E-state index in [0.717, 1.165) is 0 Å². The third-order valence-corrected chi connectivity index (χ3v) is 4.51. The summed E-state index contributed by atoms with van der Waals surface area (Å²) in [7, 11) is 1.32. The van der Waals surface area contributed by atoms with E-state index in [0.29, 0.717) is 38.2 Å². The van der Waals surface area contributed by atoms with Crippen LogP contribution < -0.4 is 0 Å². The second-order valence-corrected chi connectivity index (χ2v) is 6.72. The van der Waals surface area contributed by atoms with Gasteiger partial charge in [0.15, 0.2) is 0 Å². The summed E-state index contributed by atoms with van der Waals surface area (Å²) >= 11 is -0.178. The van der Waals surface area contributed by atoms with Crippen LogP contribution in [0.25, 0.3) is 6.08 Å². The number of nitrogens with zero attached hydrogens (tertiary/aromatic N) is 2. The van der Waals surface area contributed by atoms with Crippen molar-refractivity contribution in [3.8, 4) is 0 Å². The summed E-state index contributed by atoms with van der Waals surface area (Å²) in [5.74, 6) is -0.203. The van der Waals surface area contributed by atoms with Crippen LogP contribution in [0.4, 0.5) is 18.0 Å². The lowest BCUT2D eigenvalue weighted by molar-refractivity contribution is -0.125. The number of hydrogen-bond donors (Lipinski definition) is 0. The number of amides is 2. The topological polar surface area (TPSA) is 49.9 Å². The summed E-state index contributed by atoms with van der Waals surface area (Å²) in [6.45, 7) is 1.85. The van der Waals surface area contributed by atoms with E-state index in [4.69, 9.17) is 0 Å². The number of alkyl halides is 3. The minimum absolute atomic E-state index is 0.0939. The highest BCUT2D eigenvalue weighted by Gasteiger charge is 2.29. The summed E-state index contributed by atoms with van der Waals surface area (Å²) < 4.78 is 41.6. The van der Waals surface area contributed by atoms with E-state index in [1.54, 1.807) is 15.9 Å². The Kier molecular flexibility index (Phi) is 6.96. The minimum atomic E-state index is -4.32. The molecule has 0 spiro atoms. The molecular weight excluding hydrogens is 369 g/mol. The van der Waals surface area contributed by atoms with Crippen molar-refractivity contribution in [2.75, 3.05) is 33.3 Å². The van der Waals surface area contributed by atoms with E-state index in [2.05, 4.69) is 4.74 Å². The molecular formula is C17H19F3N2O3S. The Morgan fingerprint density at radius 3 is 2.31 bits per heavy atom. The van der Waals surface area contributed by atoms with Gasteiger partial charge in [-0.2, -0.15) is 13.2 Å². The van der Waals surface area contributed by atoms with E-state index in [9.17, 15) is 22.8 Å². The minimum Gasteiger partial charge on any atom is -0.453 e. The van der Waals surface area contributed by atoms with Crippen LogP contribution >= 0.6 is 11.8 Å². The van der Waals surface area contributed by atoms with Crippen LogP contribution in [0, 0.1) is 0 Å². The molecule has 1 aliphatic rings. The van der Waals surface area contributed by atoms with Crippen LogP contribution in [0.3, 0.4) is 0 Å². The number of methoxy groups -OCH3 is 1. The molecule has 2 amide bonds. The molecule has 0 bridgehead atoms. The van der Waals surface area contributed by atoms with Crippen LogP contribution in [0.1, 0.15) is 12.0 Å². The van der Waals surface area contributed by atoms with Crippen LogP contribution in [0.5, 0.6) is 0 Å². The fraction of sp³-hybridized carbons (Fsp3) is 0.412. The molecule has 0 unspecified atom stereocenters. The summed E-state index contributed by atoms with van der Waals surface area (Å²) in [5.41, 5.74) is -3.69. The lowest BCUT2D eigenvalue weighted by Gasteiger charge is -2.20. The fourth-order valence-electron chi connectivity index (χ4n) is 2.50. The first-order valence-electron chi connectivity index (χ1n) is 7.94. The Balaban J connectivity index is 1.91. The Labute approximate surface area is 153 Å². The van der Waals surface area contributed by atoms with Gasteiger partial charge in [-0.25, -0.2) is 4.79 Å². The van der Waals surface area contributed by atoms with E-state index in [-0.39, 0.29) is 22.6 Å². The third kappa shape index (κ3) is 6.29. The lowest BCUT2D eigenvalue weighted by Crippen LogP contribution is -2.36. The summed E-state index contributed by atoms with van der Waals surface area (Å²) in [4.78, 5) is 27.1. The van der Waals surface area contributed by atoms with Crippen LogP contribution in [0.15, 0.2) is 35.2 Å². The number of benzene rings is 1. The Hall–Kier alpha value is -2.16. The van der Waals surface area contributed by atoms with Crippen molar-refractivity contribution < 1.29 is 27.5 Å². The molecule has 142 valence electrons. The average Bonchev–Trinajstić information content (AvgIpc) is 2.85. The maximum Gasteiger partial charge on any atom is 0.446 e. The van der Waals surface area contributed by atoms with Gasteiger partial charge in [0.1, 0.15) is 0 Å². The maximum absolute atomic E-state index is 12.3. The zero-order valence-corrected chi connectivity index (χ0v) is 15.0. The molecule has 0 aliphatic carbocycles. The number of ether oxygens (including phenoxy) is 1. The smallest absolute Gasteiger partial charge is 0.446 e. The van der Waals surface area contributed by atoms with Gasteiger partial charge in [-0.15, -0.1) is 0 Å². The predicted octanol–water partition coefficient (Wildman–Crippen LogP) is 3.61. The van der Waals surface area contributed by atoms with Gasteiger partial charge in [-0.1, -0.05) is 12.1 Å². The molecule has 0 saturated carbocycles. The van der Waals surface area contributed by atoms with Gasteiger partial charge in [-0.3, -0.25) is 4.79 Å². The van der Waals surface area contributed by atoms with Crippen molar-refractivity contribution in [2.45, 2.75) is 16.8 Å². The number of thioether (sulfide) groups is 1. The zero-order chi connectivity index (χ0) is 19.2. The maximum atomic E-state index is 12.3. The van der Waals surface area contributed by atoms with Gasteiger partial charge < -0.3 is 14.5 Å². The van der Waals surface area contributed by atoms with Gasteiger partial charge in [0, 0.05) is 37.2 Å². The monoisotopic (exact) mass is 388 g/mol. The molecule has 0 radical (unpaired) electrons. The Morgan fingerprint density at radius 2 is 1.69 bits per heavy atom. The Bertz CT molecular complexity index is 662. The van der Waals surface area contributed by atoms with Gasteiger partial charge in [0.05, 0.1) is 7.11 Å². The van der Waals surface area contributed by atoms with Crippen LogP contribution in [-0.4, -0.2) is 60.6 Å². The highest BCUT2D eigenvalue weighted by molar-refractivity contribution is 8.00. The van der Waals surface area contributed by atoms with Crippen molar-refractivity contribution in [3.05, 3.63) is 35.9 Å². The van der Waals surface area contributed by atoms with Crippen LogP contribution in [-0.2, 0) is 9.53 Å². The predicted molar refractivity (Wildman–Crippen MR) is 92.6 cm³/mol. The molecule has 1 fully saturated rings. The summed E-state index contributed by atoms with van der Waals surface area (Å²) in [5, 5.41) is 0. The van der Waals surface area contributed by atoms with E-state index in [1.165, 1.54) is 37.5 Å². The molecule has 1 saturated heterocycles. The highest BCUT2D eigenvalue weighted by atomic mass is 32.2. The third-order valence-electron chi connectivity index (χ3n) is 3.77. The normalized spacial score (nSPS) is 15.8. The van der Waals surface area contributed by atoms with Crippen molar-refractivity contribution in [1.82, 2.24) is 9.80 Å². The van der Waals surface area contributed by atoms with Crippen molar-refractivity contribution in [2.24, 2.45) is 0 Å². The number of carbonyl (C=O) groups excluding carboxylic acids is 2. The molecule has 0 aromatic heterocycles. The quantitative estimate of drug-likeness (QED) is 0.586. The van der Waals surface area contributed by atoms with E-state index < -0.39 is 11.6 Å². The van der Waals surface area contributed by atoms with Gasteiger partial charge in [0.25, 0.3) is 0 Å². The van der Waals surface area contributed by atoms with Crippen molar-refractivity contribution >= 4 is 29.8 Å². The molecule has 26 heavy (non-hydrogen) atoms. The molecule has 0 N–H and O–H groups in total. The SMILES string of the molecule is COC(=O)N1CCCN(C(=O)/C=C/c2ccc(SC(F)(F)F)cc2)CC1. The number of rotatable bonds is 3.